The topological polar surface area (TPSA) is 185 Å². The van der Waals surface area contributed by atoms with Gasteiger partial charge in [0.05, 0.1) is 40.1 Å². The van der Waals surface area contributed by atoms with Crippen molar-refractivity contribution in [2.24, 2.45) is 0 Å². The number of aromatic carboxylic acids is 2. The molecule has 12 nitrogen and oxygen atoms in total. The minimum Gasteiger partial charge on any atom is -0.494 e. The zero-order chi connectivity index (χ0) is 35.0. The predicted octanol–water partition coefficient (Wildman–Crippen LogP) is 6.33. The highest BCUT2D eigenvalue weighted by atomic mass is 32.2. The summed E-state index contributed by atoms with van der Waals surface area (Å²) in [6, 6.07) is 18.9. The van der Waals surface area contributed by atoms with Crippen LogP contribution in [0.15, 0.2) is 89.8 Å². The molecule has 250 valence electrons. The number of carboxylic acids is 2. The molecule has 1 amide bonds. The number of ether oxygens (including phenoxy) is 2. The first kappa shape index (κ1) is 35.2. The van der Waals surface area contributed by atoms with Gasteiger partial charge in [0.15, 0.2) is 5.78 Å². The van der Waals surface area contributed by atoms with Crippen molar-refractivity contribution in [3.8, 4) is 11.5 Å². The summed E-state index contributed by atoms with van der Waals surface area (Å²) < 4.78 is 39.4. The molecular weight excluding hydrogens is 640 g/mol. The number of benzene rings is 4. The molecule has 0 aromatic heterocycles. The van der Waals surface area contributed by atoms with Crippen molar-refractivity contribution in [3.63, 3.8) is 0 Å². The highest BCUT2D eigenvalue weighted by Gasteiger charge is 2.23. The lowest BCUT2D eigenvalue weighted by Gasteiger charge is -2.13. The average Bonchev–Trinajstić information content (AvgIpc) is 3.05. The summed E-state index contributed by atoms with van der Waals surface area (Å²) in [7, 11) is -4.21. The third-order valence-electron chi connectivity index (χ3n) is 6.91. The predicted molar refractivity (Wildman–Crippen MR) is 178 cm³/mol. The third-order valence-corrected chi connectivity index (χ3v) is 8.29. The van der Waals surface area contributed by atoms with Gasteiger partial charge < -0.3 is 25.0 Å². The fraction of sp³-hybridized carbons (Fsp3) is 0.200. The van der Waals surface area contributed by atoms with Crippen LogP contribution in [0.2, 0.25) is 0 Å². The van der Waals surface area contributed by atoms with Crippen LogP contribution in [-0.4, -0.2) is 55.0 Å². The lowest BCUT2D eigenvalue weighted by Crippen LogP contribution is -2.17. The molecule has 0 aliphatic carbocycles. The second-order valence-corrected chi connectivity index (χ2v) is 12.6. The first-order valence-electron chi connectivity index (χ1n) is 14.9. The van der Waals surface area contributed by atoms with E-state index in [0.717, 1.165) is 31.0 Å². The van der Waals surface area contributed by atoms with Gasteiger partial charge in [-0.05, 0) is 105 Å². The first-order chi connectivity index (χ1) is 22.8. The molecule has 0 heterocycles. The molecule has 48 heavy (non-hydrogen) atoms. The molecule has 0 saturated heterocycles. The Morgan fingerprint density at radius 2 is 1.25 bits per heavy atom. The molecule has 0 aliphatic heterocycles. The fourth-order valence-electron chi connectivity index (χ4n) is 4.49. The monoisotopic (exact) mass is 674 g/mol. The van der Waals surface area contributed by atoms with Crippen molar-refractivity contribution in [3.05, 3.63) is 113 Å². The summed E-state index contributed by atoms with van der Waals surface area (Å²) in [6.07, 6.45) is 1.72. The molecule has 0 bridgehead atoms. The van der Waals surface area contributed by atoms with Gasteiger partial charge in [-0.2, -0.15) is 0 Å². The maximum absolute atomic E-state index is 13.4. The number of hydrogen-bond acceptors (Lipinski definition) is 8. The van der Waals surface area contributed by atoms with E-state index >= 15 is 0 Å². The Morgan fingerprint density at radius 3 is 1.79 bits per heavy atom. The summed E-state index contributed by atoms with van der Waals surface area (Å²) in [4.78, 5) is 50.3. The molecule has 0 aliphatic rings. The molecule has 4 aromatic rings. The van der Waals surface area contributed by atoms with Gasteiger partial charge in [0.2, 0.25) is 0 Å². The van der Waals surface area contributed by atoms with Gasteiger partial charge in [0.25, 0.3) is 15.9 Å². The Bertz CT molecular complexity index is 1940. The number of unbranched alkanes of at least 4 members (excludes halogenated alkanes) is 1. The van der Waals surface area contributed by atoms with Crippen LogP contribution in [-0.2, 0) is 10.0 Å². The van der Waals surface area contributed by atoms with Crippen LogP contribution in [0.4, 0.5) is 11.4 Å². The lowest BCUT2D eigenvalue weighted by atomic mass is 9.98. The Balaban J connectivity index is 1.54. The Hall–Kier alpha value is -5.69. The Morgan fingerprint density at radius 1 is 0.729 bits per heavy atom. The van der Waals surface area contributed by atoms with Crippen molar-refractivity contribution < 1.29 is 47.3 Å². The largest absolute Gasteiger partial charge is 0.494 e. The van der Waals surface area contributed by atoms with E-state index in [0.29, 0.717) is 18.1 Å². The van der Waals surface area contributed by atoms with Crippen molar-refractivity contribution in [1.82, 2.24) is 0 Å². The Kier molecular flexibility index (Phi) is 11.2. The number of ketones is 1. The lowest BCUT2D eigenvalue weighted by molar-refractivity contribution is 0.0687. The molecule has 13 heteroatoms. The van der Waals surface area contributed by atoms with Crippen molar-refractivity contribution in [1.29, 1.82) is 0 Å². The summed E-state index contributed by atoms with van der Waals surface area (Å²) in [5.41, 5.74) is -1.23. The second-order valence-electron chi connectivity index (χ2n) is 10.9. The van der Waals surface area contributed by atoms with Crippen LogP contribution in [0.3, 0.4) is 0 Å². The van der Waals surface area contributed by atoms with E-state index in [1.807, 2.05) is 20.8 Å². The van der Waals surface area contributed by atoms with Gasteiger partial charge in [0.1, 0.15) is 11.5 Å². The van der Waals surface area contributed by atoms with Crippen molar-refractivity contribution in [2.75, 3.05) is 16.6 Å². The molecule has 0 radical (unpaired) electrons. The molecular formula is C35H34N2O10S. The normalized spacial score (nSPS) is 11.1. The number of carbonyl (C=O) groups excluding carboxylic acids is 2. The van der Waals surface area contributed by atoms with Crippen molar-refractivity contribution >= 4 is 45.0 Å². The molecule has 4 aromatic carbocycles. The van der Waals surface area contributed by atoms with Gasteiger partial charge in [-0.15, -0.1) is 0 Å². The highest BCUT2D eigenvalue weighted by molar-refractivity contribution is 7.92. The van der Waals surface area contributed by atoms with Crippen molar-refractivity contribution in [2.45, 2.75) is 44.6 Å². The van der Waals surface area contributed by atoms with E-state index in [-0.39, 0.29) is 44.6 Å². The van der Waals surface area contributed by atoms with Crippen LogP contribution in [0.5, 0.6) is 11.5 Å². The van der Waals surface area contributed by atoms with Crippen LogP contribution >= 0.6 is 0 Å². The molecule has 0 saturated carbocycles. The Labute approximate surface area is 277 Å². The molecule has 0 atom stereocenters. The second kappa shape index (κ2) is 15.3. The van der Waals surface area contributed by atoms with Gasteiger partial charge in [-0.3, -0.25) is 14.3 Å². The zero-order valence-corrected chi connectivity index (χ0v) is 27.2. The highest BCUT2D eigenvalue weighted by Crippen LogP contribution is 2.26. The number of rotatable bonds is 15. The van der Waals surface area contributed by atoms with E-state index < -0.39 is 39.2 Å². The molecule has 0 spiro atoms. The quantitative estimate of drug-likeness (QED) is 0.0820. The molecule has 4 rings (SSSR count). The van der Waals surface area contributed by atoms with Crippen LogP contribution in [0.25, 0.3) is 0 Å². The number of hydrogen-bond donors (Lipinski definition) is 4. The van der Waals surface area contributed by atoms with E-state index in [1.54, 1.807) is 12.1 Å². The summed E-state index contributed by atoms with van der Waals surface area (Å²) in [6.45, 7) is 6.22. The van der Waals surface area contributed by atoms with E-state index in [2.05, 4.69) is 10.0 Å². The van der Waals surface area contributed by atoms with E-state index in [1.165, 1.54) is 54.6 Å². The molecule has 4 N–H and O–H groups in total. The van der Waals surface area contributed by atoms with Gasteiger partial charge >= 0.3 is 11.9 Å². The van der Waals surface area contributed by atoms with Crippen LogP contribution in [0.1, 0.15) is 80.6 Å². The maximum Gasteiger partial charge on any atom is 0.337 e. The van der Waals surface area contributed by atoms with Gasteiger partial charge in [0, 0.05) is 16.7 Å². The van der Waals surface area contributed by atoms with E-state index in [9.17, 15) is 37.8 Å². The standard InChI is InChI=1S/C35H34N2O10S/c1-4-5-18-46-25-12-14-27(15-13-25)48(44,45)37-31-17-9-24(20-29(31)35(42)43)32(38)23-8-16-30(28(19-23)34(40)41)36-33(39)22-6-10-26(11-7-22)47-21(2)3/h6-17,19-21,37H,4-5,18H2,1-3H3,(H,36,39)(H,40,41)(H,42,43). The minimum absolute atomic E-state index is 0.0602. The first-order valence-corrected chi connectivity index (χ1v) is 16.4. The maximum atomic E-state index is 13.4. The number of anilines is 2. The summed E-state index contributed by atoms with van der Waals surface area (Å²) in [5.74, 6) is -3.20. The van der Waals surface area contributed by atoms with Crippen LogP contribution < -0.4 is 19.5 Å². The molecule has 0 fully saturated rings. The van der Waals surface area contributed by atoms with Crippen LogP contribution in [0, 0.1) is 0 Å². The zero-order valence-electron chi connectivity index (χ0n) is 26.4. The van der Waals surface area contributed by atoms with Gasteiger partial charge in [-0.1, -0.05) is 13.3 Å². The third kappa shape index (κ3) is 8.76. The number of nitrogens with one attached hydrogen (secondary N) is 2. The SMILES string of the molecule is CCCCOc1ccc(S(=O)(=O)Nc2ccc(C(=O)c3ccc(NC(=O)c4ccc(OC(C)C)cc4)c(C(=O)O)c3)cc2C(=O)O)cc1. The average molecular weight is 675 g/mol. The fourth-order valence-corrected chi connectivity index (χ4v) is 5.57. The van der Waals surface area contributed by atoms with Gasteiger partial charge in [-0.25, -0.2) is 18.0 Å². The molecule has 0 unspecified atom stereocenters. The number of carboxylic acid groups (broad SMARTS) is 2. The smallest absolute Gasteiger partial charge is 0.337 e. The minimum atomic E-state index is -4.21. The van der Waals surface area contributed by atoms with E-state index in [4.69, 9.17) is 9.47 Å². The number of sulfonamides is 1. The number of carbonyl (C=O) groups is 4. The summed E-state index contributed by atoms with van der Waals surface area (Å²) >= 11 is 0. The number of amides is 1. The summed E-state index contributed by atoms with van der Waals surface area (Å²) in [5, 5.41) is 22.2.